The van der Waals surface area contributed by atoms with Crippen molar-refractivity contribution in [2.45, 2.75) is 45.3 Å². The summed E-state index contributed by atoms with van der Waals surface area (Å²) in [4.78, 5) is 9.79. The normalized spacial score (nSPS) is 12.5. The van der Waals surface area contributed by atoms with Gasteiger partial charge in [-0.2, -0.15) is 15.6 Å². The molecular weight excluding hydrogens is 713 g/mol. The first-order valence-electron chi connectivity index (χ1n) is 18.5. The molecule has 0 radical (unpaired) electrons. The van der Waals surface area contributed by atoms with Crippen LogP contribution in [0.1, 0.15) is 36.8 Å². The summed E-state index contributed by atoms with van der Waals surface area (Å²) in [5.41, 5.74) is 8.97. The van der Waals surface area contributed by atoms with Crippen LogP contribution in [-0.4, -0.2) is 19.3 Å². The minimum absolute atomic E-state index is 0.109. The maximum atomic E-state index is 9.26. The molecule has 0 bridgehead atoms. The average molecular weight is 751 g/mol. The van der Waals surface area contributed by atoms with Crippen LogP contribution < -0.4 is 14.8 Å². The van der Waals surface area contributed by atoms with Gasteiger partial charge in [-0.15, -0.1) is 0 Å². The lowest BCUT2D eigenvalue weighted by Crippen LogP contribution is -2.23. The molecule has 55 heavy (non-hydrogen) atoms. The lowest BCUT2D eigenvalue weighted by Gasteiger charge is -2.33. The molecule has 6 aromatic carbocycles. The Morgan fingerprint density at radius 2 is 0.982 bits per heavy atom. The predicted molar refractivity (Wildman–Crippen MR) is 228 cm³/mol. The van der Waals surface area contributed by atoms with Crippen molar-refractivity contribution in [2.75, 3.05) is 27.9 Å². The van der Waals surface area contributed by atoms with Gasteiger partial charge in [0.15, 0.2) is 0 Å². The molecule has 2 heterocycles. The Hall–Kier alpha value is -6.19. The summed E-state index contributed by atoms with van der Waals surface area (Å²) in [5, 5.41) is 25.5. The zero-order valence-electron chi connectivity index (χ0n) is 30.3. The van der Waals surface area contributed by atoms with Crippen LogP contribution in [0.5, 0.6) is 0 Å². The second kappa shape index (κ2) is 16.9. The summed E-state index contributed by atoms with van der Waals surface area (Å²) in [6, 6.07) is 54.6. The zero-order chi connectivity index (χ0) is 37.4. The van der Waals surface area contributed by atoms with E-state index >= 15 is 0 Å². The Labute approximate surface area is 331 Å². The van der Waals surface area contributed by atoms with Gasteiger partial charge in [-0.3, -0.25) is 0 Å². The third kappa shape index (κ3) is 8.03. The van der Waals surface area contributed by atoms with Gasteiger partial charge in [0.05, 0.1) is 40.3 Å². The number of nitrogens with zero attached hydrogens (tertiary/aromatic N) is 6. The topological polar surface area (TPSA) is 69.7 Å². The van der Waals surface area contributed by atoms with E-state index < -0.39 is 0 Å². The first kappa shape index (κ1) is 35.8. The fourth-order valence-corrected chi connectivity index (χ4v) is 9.34. The quantitative estimate of drug-likeness (QED) is 0.0534. The van der Waals surface area contributed by atoms with Crippen molar-refractivity contribution < 1.29 is 0 Å². The van der Waals surface area contributed by atoms with Crippen LogP contribution in [0.4, 0.5) is 34.1 Å². The highest BCUT2D eigenvalue weighted by molar-refractivity contribution is 8.00. The fraction of sp³-hybridized carbons (Fsp3) is 0.128. The first-order chi connectivity index (χ1) is 27.2. The molecule has 0 amide bonds. The molecule has 8 rings (SSSR count). The van der Waals surface area contributed by atoms with E-state index in [1.807, 2.05) is 77.6 Å². The van der Waals surface area contributed by atoms with Gasteiger partial charge < -0.3 is 9.80 Å². The monoisotopic (exact) mass is 750 g/mol. The third-order valence-corrected chi connectivity index (χ3v) is 11.9. The van der Waals surface area contributed by atoms with Gasteiger partial charge in [0.1, 0.15) is 17.7 Å². The Morgan fingerprint density at radius 3 is 1.51 bits per heavy atom. The van der Waals surface area contributed by atoms with Gasteiger partial charge >= 0.3 is 0 Å². The molecule has 8 heteroatoms. The molecule has 0 spiro atoms. The molecule has 2 aliphatic rings. The Morgan fingerprint density at radius 1 is 0.527 bits per heavy atom. The number of para-hydroxylation sites is 4. The van der Waals surface area contributed by atoms with Crippen LogP contribution in [0.25, 0.3) is 6.08 Å². The van der Waals surface area contributed by atoms with E-state index in [2.05, 4.69) is 113 Å². The number of fused-ring (bicyclic) bond motifs is 4. The van der Waals surface area contributed by atoms with E-state index in [0.29, 0.717) is 0 Å². The van der Waals surface area contributed by atoms with E-state index in [9.17, 15) is 10.5 Å². The SMILES string of the molecule is N#CC(C#N)=Cc1ccc2c(c1)Sc1ccccc1N2CCCCCCN1c2ccccc2Sc2cc(/C=N/N(c3ccccc3)c3ccccc3)ccc21. The molecule has 0 saturated carbocycles. The Kier molecular flexibility index (Phi) is 11.0. The molecular formula is C47H38N6S2. The molecule has 268 valence electrons. The maximum absolute atomic E-state index is 9.26. The zero-order valence-corrected chi connectivity index (χ0v) is 31.9. The number of nitriles is 2. The first-order valence-corrected chi connectivity index (χ1v) is 20.1. The van der Waals surface area contributed by atoms with Gasteiger partial charge in [-0.05, 0) is 103 Å². The van der Waals surface area contributed by atoms with Crippen molar-refractivity contribution in [3.63, 3.8) is 0 Å². The minimum Gasteiger partial charge on any atom is -0.340 e. The van der Waals surface area contributed by atoms with Crippen molar-refractivity contribution in [2.24, 2.45) is 5.10 Å². The summed E-state index contributed by atoms with van der Waals surface area (Å²) < 4.78 is 0. The number of anilines is 6. The summed E-state index contributed by atoms with van der Waals surface area (Å²) in [5.74, 6) is 0. The van der Waals surface area contributed by atoms with Crippen LogP contribution >= 0.6 is 23.5 Å². The smallest absolute Gasteiger partial charge is 0.130 e. The number of benzene rings is 6. The van der Waals surface area contributed by atoms with Crippen molar-refractivity contribution in [3.05, 3.63) is 162 Å². The molecule has 0 fully saturated rings. The van der Waals surface area contributed by atoms with Crippen LogP contribution in [0.3, 0.4) is 0 Å². The van der Waals surface area contributed by atoms with Crippen LogP contribution in [0.2, 0.25) is 0 Å². The van der Waals surface area contributed by atoms with Crippen molar-refractivity contribution in [1.82, 2.24) is 0 Å². The summed E-state index contributed by atoms with van der Waals surface area (Å²) >= 11 is 3.57. The van der Waals surface area contributed by atoms with E-state index in [0.717, 1.165) is 66.2 Å². The number of unbranched alkanes of at least 4 members (excludes halogenated alkanes) is 3. The summed E-state index contributed by atoms with van der Waals surface area (Å²) in [7, 11) is 0. The molecule has 0 aliphatic carbocycles. The molecule has 0 aromatic heterocycles. The fourth-order valence-electron chi connectivity index (χ4n) is 7.05. The van der Waals surface area contributed by atoms with Crippen molar-refractivity contribution in [1.29, 1.82) is 10.5 Å². The number of hydrazone groups is 1. The number of allylic oxidation sites excluding steroid dienone is 1. The highest BCUT2D eigenvalue weighted by Crippen LogP contribution is 2.50. The van der Waals surface area contributed by atoms with Crippen LogP contribution in [0.15, 0.2) is 176 Å². The molecule has 6 aromatic rings. The highest BCUT2D eigenvalue weighted by Gasteiger charge is 2.25. The third-order valence-electron chi connectivity index (χ3n) is 9.69. The molecule has 0 N–H and O–H groups in total. The lowest BCUT2D eigenvalue weighted by atomic mass is 10.1. The second-order valence-corrected chi connectivity index (χ2v) is 15.5. The van der Waals surface area contributed by atoms with E-state index in [1.54, 1.807) is 17.8 Å². The average Bonchev–Trinajstić information content (AvgIpc) is 3.24. The molecule has 6 nitrogen and oxygen atoms in total. The standard InChI is InChI=1S/C47H38N6S2/c48-32-37(33-49)29-35-23-25-42-46(30-35)54-44-21-11-9-19-40(44)51(42)27-13-1-2-14-28-52-41-20-10-12-22-45(41)55-47-31-36(24-26-43(47)52)34-50-53(38-15-5-3-6-16-38)39-17-7-4-8-18-39/h3-12,15-26,29-31,34H,1-2,13-14,27-28H2/b50-34+. The largest absolute Gasteiger partial charge is 0.340 e. The van der Waals surface area contributed by atoms with Gasteiger partial charge in [0.2, 0.25) is 0 Å². The van der Waals surface area contributed by atoms with Crippen molar-refractivity contribution in [3.8, 4) is 12.1 Å². The Bertz CT molecular complexity index is 2390. The maximum Gasteiger partial charge on any atom is 0.130 e. The highest BCUT2D eigenvalue weighted by atomic mass is 32.2. The number of rotatable bonds is 12. The van der Waals surface area contributed by atoms with Crippen molar-refractivity contribution >= 4 is 69.9 Å². The molecule has 0 atom stereocenters. The minimum atomic E-state index is 0.109. The van der Waals surface area contributed by atoms with Gasteiger partial charge in [-0.1, -0.05) is 109 Å². The van der Waals surface area contributed by atoms with Crippen LogP contribution in [0, 0.1) is 22.7 Å². The molecule has 0 saturated heterocycles. The van der Waals surface area contributed by atoms with Gasteiger partial charge in [-0.25, -0.2) is 5.01 Å². The van der Waals surface area contributed by atoms with E-state index in [4.69, 9.17) is 5.10 Å². The number of hydrogen-bond donors (Lipinski definition) is 0. The molecule has 2 aliphatic heterocycles. The molecule has 0 unspecified atom stereocenters. The Balaban J connectivity index is 0.938. The summed E-state index contributed by atoms with van der Waals surface area (Å²) in [6.07, 6.45) is 8.03. The van der Waals surface area contributed by atoms with Gasteiger partial charge in [0.25, 0.3) is 0 Å². The van der Waals surface area contributed by atoms with E-state index in [1.165, 1.54) is 37.4 Å². The predicted octanol–water partition coefficient (Wildman–Crippen LogP) is 12.8. The van der Waals surface area contributed by atoms with E-state index in [-0.39, 0.29) is 5.57 Å². The number of hydrogen-bond acceptors (Lipinski definition) is 8. The lowest BCUT2D eigenvalue weighted by molar-refractivity contribution is 0.640. The second-order valence-electron chi connectivity index (χ2n) is 13.3. The van der Waals surface area contributed by atoms with Crippen LogP contribution in [-0.2, 0) is 0 Å². The summed E-state index contributed by atoms with van der Waals surface area (Å²) in [6.45, 7) is 1.87. The van der Waals surface area contributed by atoms with Gasteiger partial charge in [0, 0.05) is 32.7 Å².